The number of para-hydroxylation sites is 2. The third-order valence-electron chi connectivity index (χ3n) is 6.70. The van der Waals surface area contributed by atoms with Gasteiger partial charge in [0.25, 0.3) is 0 Å². The summed E-state index contributed by atoms with van der Waals surface area (Å²) in [6.07, 6.45) is 1.62. The van der Waals surface area contributed by atoms with E-state index in [0.717, 1.165) is 46.6 Å². The summed E-state index contributed by atoms with van der Waals surface area (Å²) >= 11 is 6.84. The molecule has 1 aromatic heterocycles. The van der Waals surface area contributed by atoms with Crippen molar-refractivity contribution in [2.24, 2.45) is 5.10 Å². The Bertz CT molecular complexity index is 1440. The lowest BCUT2D eigenvalue weighted by atomic mass is 10.1. The van der Waals surface area contributed by atoms with E-state index >= 15 is 0 Å². The Morgan fingerprint density at radius 2 is 1.75 bits per heavy atom. The standard InChI is InChI=1S/C28H26ClN5O2/c1-19(35)27-31-34(20-7-3-2-4-8-20)28(23-18-30-25-10-6-5-9-22(23)25)33(27)21-11-12-26(24(29)17-21)32-13-15-36-16-14-32/h2-12,17-18,28,30H,13-16H2,1H3. The van der Waals surface area contributed by atoms with Gasteiger partial charge in [-0.05, 0) is 36.4 Å². The lowest BCUT2D eigenvalue weighted by Crippen LogP contribution is -2.38. The minimum atomic E-state index is -0.382. The highest BCUT2D eigenvalue weighted by atomic mass is 35.5. The molecule has 182 valence electrons. The molecule has 8 heteroatoms. The number of ketones is 1. The molecule has 0 saturated carbocycles. The van der Waals surface area contributed by atoms with Crippen LogP contribution in [0.5, 0.6) is 0 Å². The minimum Gasteiger partial charge on any atom is -0.378 e. The lowest BCUT2D eigenvalue weighted by molar-refractivity contribution is -0.111. The van der Waals surface area contributed by atoms with Crippen LogP contribution in [-0.4, -0.2) is 42.9 Å². The second-order valence-corrected chi connectivity index (χ2v) is 9.34. The van der Waals surface area contributed by atoms with E-state index in [1.807, 2.05) is 82.8 Å². The number of morpholine rings is 1. The van der Waals surface area contributed by atoms with Gasteiger partial charge in [-0.25, -0.2) is 5.01 Å². The molecular formula is C28H26ClN5O2. The molecule has 1 N–H and O–H groups in total. The predicted octanol–water partition coefficient (Wildman–Crippen LogP) is 5.59. The first kappa shape index (κ1) is 22.6. The molecule has 6 rings (SSSR count). The van der Waals surface area contributed by atoms with Gasteiger partial charge in [-0.15, -0.1) is 5.10 Å². The molecule has 4 aromatic rings. The molecule has 3 heterocycles. The number of nitrogens with one attached hydrogen (secondary N) is 1. The highest BCUT2D eigenvalue weighted by molar-refractivity contribution is 6.44. The number of anilines is 3. The Hall–Kier alpha value is -3.81. The number of rotatable bonds is 5. The summed E-state index contributed by atoms with van der Waals surface area (Å²) in [6.45, 7) is 4.50. The van der Waals surface area contributed by atoms with Crippen LogP contribution < -0.4 is 14.8 Å². The van der Waals surface area contributed by atoms with Gasteiger partial charge in [0, 0.05) is 48.4 Å². The van der Waals surface area contributed by atoms with Gasteiger partial charge in [0.2, 0.25) is 0 Å². The number of halogens is 1. The summed E-state index contributed by atoms with van der Waals surface area (Å²) in [5.41, 5.74) is 4.71. The molecule has 7 nitrogen and oxygen atoms in total. The first-order valence-electron chi connectivity index (χ1n) is 12.0. The predicted molar refractivity (Wildman–Crippen MR) is 145 cm³/mol. The van der Waals surface area contributed by atoms with E-state index in [4.69, 9.17) is 21.4 Å². The molecule has 1 saturated heterocycles. The van der Waals surface area contributed by atoms with E-state index in [2.05, 4.69) is 16.0 Å². The smallest absolute Gasteiger partial charge is 0.198 e. The fourth-order valence-electron chi connectivity index (χ4n) is 5.00. The number of hydrogen-bond donors (Lipinski definition) is 1. The Kier molecular flexibility index (Phi) is 5.87. The number of aromatic amines is 1. The average molecular weight is 500 g/mol. The monoisotopic (exact) mass is 499 g/mol. The topological polar surface area (TPSA) is 64.2 Å². The Morgan fingerprint density at radius 3 is 2.50 bits per heavy atom. The molecule has 3 aromatic carbocycles. The maximum absolute atomic E-state index is 12.9. The van der Waals surface area contributed by atoms with Crippen LogP contribution in [0.2, 0.25) is 5.02 Å². The van der Waals surface area contributed by atoms with Gasteiger partial charge in [-0.3, -0.25) is 9.69 Å². The van der Waals surface area contributed by atoms with Gasteiger partial charge >= 0.3 is 0 Å². The van der Waals surface area contributed by atoms with Crippen molar-refractivity contribution in [1.29, 1.82) is 0 Å². The van der Waals surface area contributed by atoms with Gasteiger partial charge in [0.05, 0.1) is 29.6 Å². The van der Waals surface area contributed by atoms with E-state index in [-0.39, 0.29) is 11.9 Å². The first-order valence-corrected chi connectivity index (χ1v) is 12.4. The Morgan fingerprint density at radius 1 is 1.00 bits per heavy atom. The number of hydrogen-bond acceptors (Lipinski definition) is 6. The number of ether oxygens (including phenoxy) is 1. The SMILES string of the molecule is CC(=O)C1=NN(c2ccccc2)C(c2c[nH]c3ccccc23)N1c1ccc(N2CCOCC2)c(Cl)c1. The van der Waals surface area contributed by atoms with Crippen LogP contribution >= 0.6 is 11.6 Å². The molecule has 0 aliphatic carbocycles. The number of aromatic nitrogens is 1. The van der Waals surface area contributed by atoms with Crippen molar-refractivity contribution in [2.45, 2.75) is 13.1 Å². The summed E-state index contributed by atoms with van der Waals surface area (Å²) in [5, 5.41) is 8.46. The third kappa shape index (κ3) is 3.90. The van der Waals surface area contributed by atoms with Crippen LogP contribution in [0.3, 0.4) is 0 Å². The summed E-state index contributed by atoms with van der Waals surface area (Å²) < 4.78 is 5.50. The third-order valence-corrected chi connectivity index (χ3v) is 7.01. The summed E-state index contributed by atoms with van der Waals surface area (Å²) in [5.74, 6) is 0.246. The molecule has 0 amide bonds. The number of amidine groups is 1. The quantitative estimate of drug-likeness (QED) is 0.388. The molecule has 0 spiro atoms. The number of fused-ring (bicyclic) bond motifs is 1. The zero-order chi connectivity index (χ0) is 24.6. The molecule has 1 atom stereocenters. The molecule has 2 aliphatic heterocycles. The van der Waals surface area contributed by atoms with Crippen LogP contribution in [0, 0.1) is 0 Å². The van der Waals surface area contributed by atoms with Crippen LogP contribution in [0.25, 0.3) is 10.9 Å². The number of benzene rings is 3. The van der Waals surface area contributed by atoms with Gasteiger partial charge in [0.1, 0.15) is 0 Å². The number of carbonyl (C=O) groups excluding carboxylic acids is 1. The minimum absolute atomic E-state index is 0.119. The Balaban J connectivity index is 1.50. The van der Waals surface area contributed by atoms with Crippen LogP contribution in [0.1, 0.15) is 18.7 Å². The normalized spacial score (nSPS) is 18.1. The van der Waals surface area contributed by atoms with Gasteiger partial charge < -0.3 is 14.6 Å². The van der Waals surface area contributed by atoms with Crippen molar-refractivity contribution >= 4 is 51.2 Å². The van der Waals surface area contributed by atoms with Crippen molar-refractivity contribution in [3.05, 3.63) is 89.6 Å². The highest BCUT2D eigenvalue weighted by Crippen LogP contribution is 2.43. The van der Waals surface area contributed by atoms with Crippen molar-refractivity contribution in [3.8, 4) is 0 Å². The zero-order valence-electron chi connectivity index (χ0n) is 19.9. The van der Waals surface area contributed by atoms with Crippen molar-refractivity contribution in [1.82, 2.24) is 4.98 Å². The second kappa shape index (κ2) is 9.33. The fourth-order valence-corrected chi connectivity index (χ4v) is 5.29. The number of H-pyrrole nitrogens is 1. The summed E-state index contributed by atoms with van der Waals surface area (Å²) in [7, 11) is 0. The number of hydrazone groups is 1. The van der Waals surface area contributed by atoms with Gasteiger partial charge in [-0.1, -0.05) is 48.0 Å². The average Bonchev–Trinajstić information content (AvgIpc) is 3.51. The van der Waals surface area contributed by atoms with E-state index < -0.39 is 0 Å². The van der Waals surface area contributed by atoms with Crippen molar-refractivity contribution in [2.75, 3.05) is 41.1 Å². The molecule has 2 aliphatic rings. The van der Waals surface area contributed by atoms with Crippen LogP contribution in [-0.2, 0) is 9.53 Å². The van der Waals surface area contributed by atoms with E-state index in [1.165, 1.54) is 0 Å². The fraction of sp³-hybridized carbons (Fsp3) is 0.214. The Labute approximate surface area is 214 Å². The summed E-state index contributed by atoms with van der Waals surface area (Å²) in [6, 6.07) is 24.1. The highest BCUT2D eigenvalue weighted by Gasteiger charge is 2.40. The lowest BCUT2D eigenvalue weighted by Gasteiger charge is -2.33. The maximum atomic E-state index is 12.9. The van der Waals surface area contributed by atoms with Crippen LogP contribution in [0.4, 0.5) is 17.1 Å². The maximum Gasteiger partial charge on any atom is 0.198 e. The van der Waals surface area contributed by atoms with E-state index in [1.54, 1.807) is 6.92 Å². The van der Waals surface area contributed by atoms with Gasteiger partial charge in [-0.2, -0.15) is 0 Å². The molecular weight excluding hydrogens is 474 g/mol. The zero-order valence-corrected chi connectivity index (χ0v) is 20.7. The molecule has 36 heavy (non-hydrogen) atoms. The largest absolute Gasteiger partial charge is 0.378 e. The van der Waals surface area contributed by atoms with Crippen molar-refractivity contribution < 1.29 is 9.53 Å². The number of nitrogens with zero attached hydrogens (tertiary/aromatic N) is 4. The van der Waals surface area contributed by atoms with Gasteiger partial charge in [0.15, 0.2) is 17.8 Å². The molecule has 1 unspecified atom stereocenters. The molecule has 1 fully saturated rings. The number of carbonyl (C=O) groups is 1. The van der Waals surface area contributed by atoms with E-state index in [9.17, 15) is 4.79 Å². The molecule has 0 bridgehead atoms. The van der Waals surface area contributed by atoms with E-state index in [0.29, 0.717) is 24.1 Å². The van der Waals surface area contributed by atoms with Crippen LogP contribution in [0.15, 0.2) is 84.1 Å². The molecule has 0 radical (unpaired) electrons. The number of Topliss-reactive ketones (excluding diaryl/α,β-unsaturated/α-hetero) is 1. The van der Waals surface area contributed by atoms with Crippen molar-refractivity contribution in [3.63, 3.8) is 0 Å². The second-order valence-electron chi connectivity index (χ2n) is 8.93. The summed E-state index contributed by atoms with van der Waals surface area (Å²) in [4.78, 5) is 20.5. The first-order chi connectivity index (χ1) is 17.6.